The van der Waals surface area contributed by atoms with Crippen molar-refractivity contribution in [2.24, 2.45) is 4.99 Å². The maximum absolute atomic E-state index is 13.4. The Bertz CT molecular complexity index is 1400. The van der Waals surface area contributed by atoms with Crippen LogP contribution in [0.4, 0.5) is 29.3 Å². The number of hydrogen-bond acceptors (Lipinski definition) is 5. The summed E-state index contributed by atoms with van der Waals surface area (Å²) in [5.74, 6) is 2.11. The van der Waals surface area contributed by atoms with E-state index in [0.29, 0.717) is 55.0 Å². The molecule has 10 heteroatoms. The van der Waals surface area contributed by atoms with Gasteiger partial charge in [-0.2, -0.15) is 13.2 Å². The number of urea groups is 1. The zero-order valence-electron chi connectivity index (χ0n) is 21.9. The molecular weight excluding hydrogens is 509 g/mol. The van der Waals surface area contributed by atoms with Gasteiger partial charge in [-0.1, -0.05) is 26.0 Å². The standard InChI is InChI=1S/C29H29F3N4O3/c1-18(2)19-4-7-21(8-5-19)33-28(37)36-14-12-35(13-15-36)27-23-17-22(38-3)9-11-25(23)39-26-10-6-20(29(30,31)32)16-24(26)34-27/h4-11,16-18H,12-15H2,1-3H3,(H,33,37). The molecule has 39 heavy (non-hydrogen) atoms. The molecule has 1 saturated heterocycles. The second-order valence-corrected chi connectivity index (χ2v) is 9.76. The number of methoxy groups -OCH3 is 1. The van der Waals surface area contributed by atoms with Gasteiger partial charge in [0.15, 0.2) is 5.75 Å². The number of alkyl halides is 3. The third kappa shape index (κ3) is 5.64. The molecular formula is C29H29F3N4O3. The number of carbonyl (C=O) groups is 1. The van der Waals surface area contributed by atoms with Gasteiger partial charge in [-0.15, -0.1) is 0 Å². The number of fused-ring (bicyclic) bond motifs is 2. The van der Waals surface area contributed by atoms with E-state index in [2.05, 4.69) is 24.2 Å². The Balaban J connectivity index is 1.38. The van der Waals surface area contributed by atoms with Crippen LogP contribution in [0.2, 0.25) is 0 Å². The van der Waals surface area contributed by atoms with E-state index in [0.717, 1.165) is 17.8 Å². The van der Waals surface area contributed by atoms with Gasteiger partial charge in [0.05, 0.1) is 18.2 Å². The van der Waals surface area contributed by atoms with E-state index in [1.807, 2.05) is 29.2 Å². The van der Waals surface area contributed by atoms with E-state index in [-0.39, 0.29) is 17.5 Å². The summed E-state index contributed by atoms with van der Waals surface area (Å²) in [6.45, 7) is 5.90. The predicted molar refractivity (Wildman–Crippen MR) is 143 cm³/mol. The van der Waals surface area contributed by atoms with Crippen molar-refractivity contribution in [3.8, 4) is 17.2 Å². The van der Waals surface area contributed by atoms with Gasteiger partial charge in [0.25, 0.3) is 0 Å². The smallest absolute Gasteiger partial charge is 0.416 e. The van der Waals surface area contributed by atoms with Crippen LogP contribution in [0.25, 0.3) is 0 Å². The minimum absolute atomic E-state index is 0.0833. The Hall–Kier alpha value is -4.21. The molecule has 0 radical (unpaired) electrons. The number of benzene rings is 3. The molecule has 2 aliphatic heterocycles. The molecule has 1 fully saturated rings. The molecule has 0 bridgehead atoms. The lowest BCUT2D eigenvalue weighted by Crippen LogP contribution is -2.51. The highest BCUT2D eigenvalue weighted by Gasteiger charge is 2.33. The van der Waals surface area contributed by atoms with Crippen LogP contribution in [0.5, 0.6) is 17.2 Å². The molecule has 5 rings (SSSR count). The molecule has 2 amide bonds. The van der Waals surface area contributed by atoms with Crippen LogP contribution in [-0.4, -0.2) is 55.0 Å². The minimum atomic E-state index is -4.51. The van der Waals surface area contributed by atoms with E-state index >= 15 is 0 Å². The Labute approximate surface area is 224 Å². The van der Waals surface area contributed by atoms with E-state index in [1.54, 1.807) is 23.1 Å². The topological polar surface area (TPSA) is 66.4 Å². The Morgan fingerprint density at radius 2 is 1.67 bits per heavy atom. The monoisotopic (exact) mass is 538 g/mol. The van der Waals surface area contributed by atoms with Crippen LogP contribution in [0.1, 0.15) is 36.5 Å². The van der Waals surface area contributed by atoms with Gasteiger partial charge >= 0.3 is 12.2 Å². The molecule has 204 valence electrons. The maximum Gasteiger partial charge on any atom is 0.416 e. The highest BCUT2D eigenvalue weighted by atomic mass is 19.4. The number of amides is 2. The van der Waals surface area contributed by atoms with Gasteiger partial charge in [0.2, 0.25) is 0 Å². The second kappa shape index (κ2) is 10.5. The molecule has 2 aliphatic rings. The van der Waals surface area contributed by atoms with Gasteiger partial charge in [0.1, 0.15) is 23.0 Å². The van der Waals surface area contributed by atoms with Crippen LogP contribution >= 0.6 is 0 Å². The summed E-state index contributed by atoms with van der Waals surface area (Å²) in [5.41, 5.74) is 1.78. The number of carbonyl (C=O) groups excluding carboxylic acids is 1. The zero-order chi connectivity index (χ0) is 27.7. The number of ether oxygens (including phenoxy) is 2. The lowest BCUT2D eigenvalue weighted by atomic mass is 10.0. The summed E-state index contributed by atoms with van der Waals surface area (Å²) < 4.78 is 51.7. The van der Waals surface area contributed by atoms with Crippen molar-refractivity contribution in [1.82, 2.24) is 9.80 Å². The van der Waals surface area contributed by atoms with E-state index in [1.165, 1.54) is 18.7 Å². The number of nitrogens with one attached hydrogen (secondary N) is 1. The lowest BCUT2D eigenvalue weighted by molar-refractivity contribution is -0.137. The average Bonchev–Trinajstić information content (AvgIpc) is 3.08. The fourth-order valence-corrected chi connectivity index (χ4v) is 4.58. The van der Waals surface area contributed by atoms with Crippen molar-refractivity contribution in [1.29, 1.82) is 0 Å². The largest absolute Gasteiger partial charge is 0.497 e. The summed E-state index contributed by atoms with van der Waals surface area (Å²) in [6.07, 6.45) is -4.51. The quantitative estimate of drug-likeness (QED) is 0.395. The number of hydrogen-bond donors (Lipinski definition) is 1. The van der Waals surface area contributed by atoms with Crippen LogP contribution in [-0.2, 0) is 6.18 Å². The Morgan fingerprint density at radius 1 is 0.974 bits per heavy atom. The molecule has 0 unspecified atom stereocenters. The first kappa shape index (κ1) is 26.4. The van der Waals surface area contributed by atoms with Crippen LogP contribution in [0.3, 0.4) is 0 Å². The number of nitrogens with zero attached hydrogens (tertiary/aromatic N) is 3. The fraction of sp³-hybridized carbons (Fsp3) is 0.310. The first-order chi connectivity index (χ1) is 18.6. The maximum atomic E-state index is 13.4. The fourth-order valence-electron chi connectivity index (χ4n) is 4.58. The molecule has 3 aromatic carbocycles. The van der Waals surface area contributed by atoms with E-state index in [4.69, 9.17) is 9.47 Å². The summed E-state index contributed by atoms with van der Waals surface area (Å²) in [5, 5.41) is 2.94. The molecule has 0 atom stereocenters. The highest BCUT2D eigenvalue weighted by molar-refractivity contribution is 6.04. The predicted octanol–water partition coefficient (Wildman–Crippen LogP) is 6.87. The highest BCUT2D eigenvalue weighted by Crippen LogP contribution is 2.42. The Kier molecular flexibility index (Phi) is 7.12. The SMILES string of the molecule is COc1ccc2c(c1)C(N1CCN(C(=O)Nc3ccc(C(C)C)cc3)CC1)=Nc1cc(C(F)(F)F)ccc1O2. The summed E-state index contributed by atoms with van der Waals surface area (Å²) in [6, 6.07) is 16.0. The first-order valence-electron chi connectivity index (χ1n) is 12.7. The number of halogens is 3. The van der Waals surface area contributed by atoms with Gasteiger partial charge in [0, 0.05) is 31.9 Å². The number of piperazine rings is 1. The number of aliphatic imine (C=N–C) groups is 1. The third-order valence-corrected chi connectivity index (χ3v) is 6.86. The normalized spacial score (nSPS) is 15.1. The summed E-state index contributed by atoms with van der Waals surface area (Å²) >= 11 is 0. The molecule has 0 aliphatic carbocycles. The molecule has 2 heterocycles. The molecule has 1 N–H and O–H groups in total. The second-order valence-electron chi connectivity index (χ2n) is 9.76. The van der Waals surface area contributed by atoms with Crippen LogP contribution < -0.4 is 14.8 Å². The van der Waals surface area contributed by atoms with Crippen molar-refractivity contribution in [2.45, 2.75) is 25.9 Å². The van der Waals surface area contributed by atoms with Crippen molar-refractivity contribution in [3.63, 3.8) is 0 Å². The van der Waals surface area contributed by atoms with Gasteiger partial charge in [-0.3, -0.25) is 0 Å². The van der Waals surface area contributed by atoms with Crippen LogP contribution in [0, 0.1) is 0 Å². The molecule has 3 aromatic rings. The molecule has 0 spiro atoms. The van der Waals surface area contributed by atoms with Crippen molar-refractivity contribution >= 4 is 23.2 Å². The molecule has 0 saturated carbocycles. The number of rotatable bonds is 3. The lowest BCUT2D eigenvalue weighted by Gasteiger charge is -2.36. The molecule has 0 aromatic heterocycles. The number of amidine groups is 1. The zero-order valence-corrected chi connectivity index (χ0v) is 21.9. The third-order valence-electron chi connectivity index (χ3n) is 6.86. The summed E-state index contributed by atoms with van der Waals surface area (Å²) in [4.78, 5) is 21.2. The molecule has 7 nitrogen and oxygen atoms in total. The van der Waals surface area contributed by atoms with Crippen molar-refractivity contribution < 1.29 is 27.4 Å². The van der Waals surface area contributed by atoms with Gasteiger partial charge < -0.3 is 24.6 Å². The van der Waals surface area contributed by atoms with Gasteiger partial charge in [-0.25, -0.2) is 9.79 Å². The first-order valence-corrected chi connectivity index (χ1v) is 12.7. The Morgan fingerprint density at radius 3 is 2.31 bits per heavy atom. The average molecular weight is 539 g/mol. The van der Waals surface area contributed by atoms with Crippen molar-refractivity contribution in [2.75, 3.05) is 38.6 Å². The minimum Gasteiger partial charge on any atom is -0.497 e. The summed E-state index contributed by atoms with van der Waals surface area (Å²) in [7, 11) is 1.54. The number of anilines is 1. The van der Waals surface area contributed by atoms with Crippen molar-refractivity contribution in [3.05, 3.63) is 77.4 Å². The van der Waals surface area contributed by atoms with Gasteiger partial charge in [-0.05, 0) is 60.0 Å². The van der Waals surface area contributed by atoms with E-state index < -0.39 is 11.7 Å². The van der Waals surface area contributed by atoms with Crippen LogP contribution in [0.15, 0.2) is 65.7 Å². The van der Waals surface area contributed by atoms with E-state index in [9.17, 15) is 18.0 Å².